The highest BCUT2D eigenvalue weighted by Crippen LogP contribution is 2.22. The Bertz CT molecular complexity index is 535. The second-order valence-electron chi connectivity index (χ2n) is 4.91. The van der Waals surface area contributed by atoms with Crippen molar-refractivity contribution in [1.82, 2.24) is 10.3 Å². The lowest BCUT2D eigenvalue weighted by Crippen LogP contribution is -2.32. The third-order valence-electron chi connectivity index (χ3n) is 3.11. The molecule has 0 fully saturated rings. The van der Waals surface area contributed by atoms with Gasteiger partial charge in [0.2, 0.25) is 5.91 Å². The van der Waals surface area contributed by atoms with Crippen LogP contribution < -0.4 is 5.32 Å². The molecule has 5 heteroatoms. The Labute approximate surface area is 122 Å². The predicted molar refractivity (Wildman–Crippen MR) is 81.9 cm³/mol. The van der Waals surface area contributed by atoms with Crippen LogP contribution in [0.2, 0.25) is 0 Å². The number of aryl methyl sites for hydroxylation is 1. The van der Waals surface area contributed by atoms with Crippen molar-refractivity contribution in [1.29, 1.82) is 0 Å². The highest BCUT2D eigenvalue weighted by Gasteiger charge is 2.09. The molecule has 2 rings (SSSR count). The molecule has 0 saturated heterocycles. The fourth-order valence-corrected chi connectivity index (χ4v) is 3.03. The normalized spacial score (nSPS) is 12.5. The maximum absolute atomic E-state index is 11.8. The molecule has 0 aliphatic heterocycles. The van der Waals surface area contributed by atoms with E-state index in [1.54, 1.807) is 11.3 Å². The van der Waals surface area contributed by atoms with Crippen molar-refractivity contribution < 1.29 is 9.90 Å². The third-order valence-corrected chi connectivity index (χ3v) is 4.20. The summed E-state index contributed by atoms with van der Waals surface area (Å²) in [6.07, 6.45) is 2.67. The number of carbonyl (C=O) groups is 1. The first-order valence-electron chi connectivity index (χ1n) is 6.93. The summed E-state index contributed by atoms with van der Waals surface area (Å²) in [5.74, 6) is 0.0506. The van der Waals surface area contributed by atoms with Crippen molar-refractivity contribution in [3.8, 4) is 0 Å². The third kappa shape index (κ3) is 4.28. The molecule has 0 radical (unpaired) electrons. The van der Waals surface area contributed by atoms with Crippen molar-refractivity contribution in [3.63, 3.8) is 0 Å². The standard InChI is InChI=1S/C15H20N2O2S/c1-11(5-4-10-18)16-14(19)8-9-15-17-12-6-2-3-7-13(12)20-15/h2-3,6-7,11,18H,4-5,8-10H2,1H3,(H,16,19). The lowest BCUT2D eigenvalue weighted by molar-refractivity contribution is -0.121. The summed E-state index contributed by atoms with van der Waals surface area (Å²) in [6, 6.07) is 8.13. The van der Waals surface area contributed by atoms with E-state index in [2.05, 4.69) is 10.3 Å². The lowest BCUT2D eigenvalue weighted by atomic mass is 10.2. The zero-order valence-electron chi connectivity index (χ0n) is 11.6. The van der Waals surface area contributed by atoms with Crippen LogP contribution in [0, 0.1) is 0 Å². The molecule has 1 atom stereocenters. The van der Waals surface area contributed by atoms with Crippen LogP contribution in [0.25, 0.3) is 10.2 Å². The van der Waals surface area contributed by atoms with Crippen LogP contribution in [0.15, 0.2) is 24.3 Å². The molecule has 2 aromatic rings. The fourth-order valence-electron chi connectivity index (χ4n) is 2.06. The second kappa shape index (κ2) is 7.36. The van der Waals surface area contributed by atoms with Crippen LogP contribution in [0.3, 0.4) is 0 Å². The summed E-state index contributed by atoms with van der Waals surface area (Å²) < 4.78 is 1.17. The van der Waals surface area contributed by atoms with Gasteiger partial charge < -0.3 is 10.4 Å². The molecule has 1 unspecified atom stereocenters. The van der Waals surface area contributed by atoms with E-state index < -0.39 is 0 Å². The monoisotopic (exact) mass is 292 g/mol. The van der Waals surface area contributed by atoms with Gasteiger partial charge in [-0.25, -0.2) is 4.98 Å². The number of para-hydroxylation sites is 1. The highest BCUT2D eigenvalue weighted by atomic mass is 32.1. The van der Waals surface area contributed by atoms with E-state index in [9.17, 15) is 4.79 Å². The van der Waals surface area contributed by atoms with Gasteiger partial charge in [-0.15, -0.1) is 11.3 Å². The van der Waals surface area contributed by atoms with Crippen molar-refractivity contribution in [3.05, 3.63) is 29.3 Å². The molecule has 4 nitrogen and oxygen atoms in total. The maximum Gasteiger partial charge on any atom is 0.220 e. The van der Waals surface area contributed by atoms with Gasteiger partial charge in [-0.2, -0.15) is 0 Å². The summed E-state index contributed by atoms with van der Waals surface area (Å²) in [4.78, 5) is 16.3. The van der Waals surface area contributed by atoms with E-state index in [0.29, 0.717) is 12.8 Å². The number of hydrogen-bond donors (Lipinski definition) is 2. The molecule has 0 saturated carbocycles. The van der Waals surface area contributed by atoms with Crippen molar-refractivity contribution in [2.24, 2.45) is 0 Å². The molecule has 0 spiro atoms. The number of amides is 1. The first kappa shape index (κ1) is 14.9. The van der Waals surface area contributed by atoms with Gasteiger partial charge in [-0.1, -0.05) is 12.1 Å². The van der Waals surface area contributed by atoms with Crippen LogP contribution in [-0.2, 0) is 11.2 Å². The number of benzene rings is 1. The van der Waals surface area contributed by atoms with E-state index in [-0.39, 0.29) is 18.6 Å². The number of fused-ring (bicyclic) bond motifs is 1. The molecule has 2 N–H and O–H groups in total. The van der Waals surface area contributed by atoms with Crippen LogP contribution in [0.1, 0.15) is 31.2 Å². The molecule has 0 aliphatic carbocycles. The average molecular weight is 292 g/mol. The minimum Gasteiger partial charge on any atom is -0.396 e. The van der Waals surface area contributed by atoms with E-state index >= 15 is 0 Å². The minimum atomic E-state index is 0.0506. The first-order valence-corrected chi connectivity index (χ1v) is 7.75. The molecule has 0 bridgehead atoms. The van der Waals surface area contributed by atoms with Crippen LogP contribution in [-0.4, -0.2) is 28.6 Å². The van der Waals surface area contributed by atoms with E-state index in [1.807, 2.05) is 31.2 Å². The molecule has 20 heavy (non-hydrogen) atoms. The Morgan fingerprint density at radius 2 is 2.25 bits per heavy atom. The zero-order chi connectivity index (χ0) is 14.4. The smallest absolute Gasteiger partial charge is 0.220 e. The van der Waals surface area contributed by atoms with Crippen molar-refractivity contribution >= 4 is 27.5 Å². The summed E-state index contributed by atoms with van der Waals surface area (Å²) >= 11 is 1.65. The van der Waals surface area contributed by atoms with Gasteiger partial charge in [0.05, 0.1) is 15.2 Å². The molecule has 108 valence electrons. The minimum absolute atomic E-state index is 0.0506. The summed E-state index contributed by atoms with van der Waals surface area (Å²) in [5.41, 5.74) is 1.00. The number of aliphatic hydroxyl groups is 1. The Morgan fingerprint density at radius 1 is 1.45 bits per heavy atom. The van der Waals surface area contributed by atoms with Crippen LogP contribution in [0.4, 0.5) is 0 Å². The number of aliphatic hydroxyl groups excluding tert-OH is 1. The van der Waals surface area contributed by atoms with Gasteiger partial charge in [-0.05, 0) is 31.9 Å². The molecule has 1 aromatic heterocycles. The lowest BCUT2D eigenvalue weighted by Gasteiger charge is -2.12. The highest BCUT2D eigenvalue weighted by molar-refractivity contribution is 7.18. The van der Waals surface area contributed by atoms with Gasteiger partial charge in [0.25, 0.3) is 0 Å². The Morgan fingerprint density at radius 3 is 3.00 bits per heavy atom. The van der Waals surface area contributed by atoms with Crippen LogP contribution >= 0.6 is 11.3 Å². The Hall–Kier alpha value is -1.46. The SMILES string of the molecule is CC(CCCO)NC(=O)CCc1nc2ccccc2s1. The predicted octanol–water partition coefficient (Wildman–Crippen LogP) is 2.51. The van der Waals surface area contributed by atoms with Crippen molar-refractivity contribution in [2.45, 2.75) is 38.6 Å². The Balaban J connectivity index is 1.81. The van der Waals surface area contributed by atoms with Crippen molar-refractivity contribution in [2.75, 3.05) is 6.61 Å². The molecular weight excluding hydrogens is 272 g/mol. The number of aromatic nitrogens is 1. The zero-order valence-corrected chi connectivity index (χ0v) is 12.4. The topological polar surface area (TPSA) is 62.2 Å². The number of rotatable bonds is 7. The Kier molecular flexibility index (Phi) is 5.49. The maximum atomic E-state index is 11.8. The molecule has 0 aliphatic rings. The van der Waals surface area contributed by atoms with Gasteiger partial charge in [0.15, 0.2) is 0 Å². The molecule has 1 aromatic carbocycles. The fraction of sp³-hybridized carbons (Fsp3) is 0.467. The summed E-state index contributed by atoms with van der Waals surface area (Å²) in [6.45, 7) is 2.14. The largest absolute Gasteiger partial charge is 0.396 e. The quantitative estimate of drug-likeness (QED) is 0.824. The van der Waals surface area contributed by atoms with E-state index in [4.69, 9.17) is 5.11 Å². The number of thiazole rings is 1. The second-order valence-corrected chi connectivity index (χ2v) is 6.02. The van der Waals surface area contributed by atoms with Gasteiger partial charge in [0.1, 0.15) is 0 Å². The van der Waals surface area contributed by atoms with E-state index in [1.165, 1.54) is 4.70 Å². The first-order chi connectivity index (χ1) is 9.69. The number of nitrogens with zero attached hydrogens (tertiary/aromatic N) is 1. The summed E-state index contributed by atoms with van der Waals surface area (Å²) in [5, 5.41) is 12.7. The molecule has 1 heterocycles. The van der Waals surface area contributed by atoms with Gasteiger partial charge >= 0.3 is 0 Å². The number of hydrogen-bond acceptors (Lipinski definition) is 4. The molecular formula is C15H20N2O2S. The average Bonchev–Trinajstić information content (AvgIpc) is 2.85. The molecule has 1 amide bonds. The number of carbonyl (C=O) groups excluding carboxylic acids is 1. The van der Waals surface area contributed by atoms with Crippen LogP contribution in [0.5, 0.6) is 0 Å². The van der Waals surface area contributed by atoms with Gasteiger partial charge in [-0.3, -0.25) is 4.79 Å². The number of nitrogens with one attached hydrogen (secondary N) is 1. The van der Waals surface area contributed by atoms with E-state index in [0.717, 1.165) is 23.4 Å². The van der Waals surface area contributed by atoms with Gasteiger partial charge in [0, 0.05) is 25.5 Å². The summed E-state index contributed by atoms with van der Waals surface area (Å²) in [7, 11) is 0.